The third-order valence-corrected chi connectivity index (χ3v) is 5.56. The summed E-state index contributed by atoms with van der Waals surface area (Å²) in [6.45, 7) is 5.75. The number of hydrogen-bond donors (Lipinski definition) is 2. The molecule has 3 aromatic rings. The molecule has 3 rings (SSSR count). The molecule has 0 saturated heterocycles. The molecule has 0 aliphatic carbocycles. The quantitative estimate of drug-likeness (QED) is 0.441. The Kier molecular flexibility index (Phi) is 6.76. The summed E-state index contributed by atoms with van der Waals surface area (Å²) in [6.07, 6.45) is 6.03. The molecule has 2 N–H and O–H groups in total. The second-order valence-corrected chi connectivity index (χ2v) is 7.30. The molecule has 0 amide bonds. The Morgan fingerprint density at radius 1 is 0.852 bits per heavy atom. The summed E-state index contributed by atoms with van der Waals surface area (Å²) < 4.78 is 2.09. The molecule has 0 atom stereocenters. The van der Waals surface area contributed by atoms with Crippen molar-refractivity contribution in [1.82, 2.24) is 0 Å². The standard InChI is InChI=1S/C22H25N2O2S/c1-2-11-23-12-9-19(10-13-23)22-8-7-21(27-22)18-3-5-20(6-4-18)24(14-16-25)15-17-26/h2-10,12-13,25-26H,1,11,14-17H2/q+1. The Morgan fingerprint density at radius 3 is 1.93 bits per heavy atom. The Labute approximate surface area is 164 Å². The fourth-order valence-corrected chi connectivity index (χ4v) is 4.01. The van der Waals surface area contributed by atoms with Gasteiger partial charge >= 0.3 is 0 Å². The third-order valence-electron chi connectivity index (χ3n) is 4.38. The van der Waals surface area contributed by atoms with Gasteiger partial charge in [-0.25, -0.2) is 4.57 Å². The number of hydrogen-bond acceptors (Lipinski definition) is 4. The van der Waals surface area contributed by atoms with Crippen molar-refractivity contribution in [3.63, 3.8) is 0 Å². The zero-order valence-corrected chi connectivity index (χ0v) is 16.1. The fraction of sp³-hybridized carbons (Fsp3) is 0.227. The first-order chi connectivity index (χ1) is 13.2. The predicted octanol–water partition coefficient (Wildman–Crippen LogP) is 3.35. The molecule has 0 fully saturated rings. The molecule has 0 unspecified atom stereocenters. The van der Waals surface area contributed by atoms with Crippen molar-refractivity contribution in [2.75, 3.05) is 31.2 Å². The summed E-state index contributed by atoms with van der Waals surface area (Å²) in [7, 11) is 0. The van der Waals surface area contributed by atoms with Gasteiger partial charge in [0.05, 0.1) is 13.2 Å². The normalized spacial score (nSPS) is 10.7. The van der Waals surface area contributed by atoms with Crippen molar-refractivity contribution in [2.24, 2.45) is 0 Å². The van der Waals surface area contributed by atoms with Crippen molar-refractivity contribution in [3.05, 3.63) is 73.6 Å². The zero-order valence-electron chi connectivity index (χ0n) is 15.3. The summed E-state index contributed by atoms with van der Waals surface area (Å²) in [5, 5.41) is 18.4. The molecule has 2 heterocycles. The lowest BCUT2D eigenvalue weighted by Crippen LogP contribution is -2.31. The summed E-state index contributed by atoms with van der Waals surface area (Å²) in [5.74, 6) is 0. The Morgan fingerprint density at radius 2 is 1.41 bits per heavy atom. The van der Waals surface area contributed by atoms with Crippen LogP contribution >= 0.6 is 11.3 Å². The van der Waals surface area contributed by atoms with Crippen LogP contribution in [0.4, 0.5) is 5.69 Å². The maximum absolute atomic E-state index is 9.19. The van der Waals surface area contributed by atoms with Crippen LogP contribution in [-0.2, 0) is 6.54 Å². The van der Waals surface area contributed by atoms with Gasteiger partial charge in [-0.3, -0.25) is 0 Å². The van der Waals surface area contributed by atoms with Crippen LogP contribution in [0.1, 0.15) is 0 Å². The Bertz CT molecular complexity index is 851. The number of benzene rings is 1. The molecule has 1 aromatic carbocycles. The molecule has 5 heteroatoms. The van der Waals surface area contributed by atoms with Crippen LogP contribution in [0.25, 0.3) is 20.9 Å². The van der Waals surface area contributed by atoms with Crippen LogP contribution in [0, 0.1) is 0 Å². The molecule has 2 aromatic heterocycles. The summed E-state index contributed by atoms with van der Waals surface area (Å²) in [5.41, 5.74) is 3.38. The van der Waals surface area contributed by atoms with E-state index in [9.17, 15) is 10.2 Å². The highest BCUT2D eigenvalue weighted by molar-refractivity contribution is 7.18. The lowest BCUT2D eigenvalue weighted by Gasteiger charge is -2.23. The van der Waals surface area contributed by atoms with E-state index in [-0.39, 0.29) is 13.2 Å². The Balaban J connectivity index is 1.76. The van der Waals surface area contributed by atoms with Crippen molar-refractivity contribution in [2.45, 2.75) is 6.54 Å². The number of pyridine rings is 1. The van der Waals surface area contributed by atoms with E-state index in [1.54, 1.807) is 11.3 Å². The van der Waals surface area contributed by atoms with E-state index in [0.29, 0.717) is 13.1 Å². The Hall–Kier alpha value is -2.47. The van der Waals surface area contributed by atoms with Gasteiger partial charge in [-0.1, -0.05) is 18.7 Å². The van der Waals surface area contributed by atoms with Crippen LogP contribution < -0.4 is 9.47 Å². The van der Waals surface area contributed by atoms with E-state index in [1.165, 1.54) is 20.9 Å². The van der Waals surface area contributed by atoms with Gasteiger partial charge in [-0.2, -0.15) is 0 Å². The number of anilines is 1. The van der Waals surface area contributed by atoms with Crippen LogP contribution in [0.15, 0.2) is 73.6 Å². The van der Waals surface area contributed by atoms with Gasteiger partial charge in [-0.05, 0) is 35.9 Å². The first-order valence-electron chi connectivity index (χ1n) is 9.02. The van der Waals surface area contributed by atoms with Gasteiger partial charge < -0.3 is 15.1 Å². The topological polar surface area (TPSA) is 47.6 Å². The van der Waals surface area contributed by atoms with E-state index >= 15 is 0 Å². The molecule has 0 aliphatic heterocycles. The average Bonchev–Trinajstić information content (AvgIpc) is 3.19. The van der Waals surface area contributed by atoms with Gasteiger partial charge in [0.25, 0.3) is 0 Å². The molecule has 0 aliphatic rings. The smallest absolute Gasteiger partial charge is 0.169 e. The highest BCUT2D eigenvalue weighted by Crippen LogP contribution is 2.34. The van der Waals surface area contributed by atoms with Gasteiger partial charge in [0.1, 0.15) is 0 Å². The number of rotatable bonds is 9. The average molecular weight is 382 g/mol. The third kappa shape index (κ3) is 4.83. The SMILES string of the molecule is C=CC[n+]1ccc(-c2ccc(-c3ccc(N(CCO)CCO)cc3)s2)cc1. The number of aliphatic hydroxyl groups excluding tert-OH is 2. The van der Waals surface area contributed by atoms with Gasteiger partial charge in [0.2, 0.25) is 0 Å². The maximum Gasteiger partial charge on any atom is 0.169 e. The van der Waals surface area contributed by atoms with Gasteiger partial charge in [-0.15, -0.1) is 11.3 Å². The lowest BCUT2D eigenvalue weighted by atomic mass is 10.1. The fourth-order valence-electron chi connectivity index (χ4n) is 2.99. The van der Waals surface area contributed by atoms with Crippen LogP contribution in [-0.4, -0.2) is 36.5 Å². The highest BCUT2D eigenvalue weighted by Gasteiger charge is 2.09. The second-order valence-electron chi connectivity index (χ2n) is 6.22. The summed E-state index contributed by atoms with van der Waals surface area (Å²) >= 11 is 1.77. The van der Waals surface area contributed by atoms with E-state index in [2.05, 4.69) is 59.9 Å². The van der Waals surface area contributed by atoms with Crippen molar-refractivity contribution in [1.29, 1.82) is 0 Å². The number of nitrogens with zero attached hydrogens (tertiary/aromatic N) is 2. The molecule has 0 bridgehead atoms. The van der Waals surface area contributed by atoms with Gasteiger partial charge in [0.15, 0.2) is 18.9 Å². The number of allylic oxidation sites excluding steroid dienone is 1. The number of aromatic nitrogens is 1. The second kappa shape index (κ2) is 9.46. The molecule has 140 valence electrons. The first kappa shape index (κ1) is 19.3. The maximum atomic E-state index is 9.19. The monoisotopic (exact) mass is 381 g/mol. The molecule has 0 spiro atoms. The van der Waals surface area contributed by atoms with Crippen LogP contribution in [0.3, 0.4) is 0 Å². The number of aliphatic hydroxyl groups is 2. The molecule has 0 radical (unpaired) electrons. The largest absolute Gasteiger partial charge is 0.395 e. The minimum Gasteiger partial charge on any atom is -0.395 e. The lowest BCUT2D eigenvalue weighted by molar-refractivity contribution is -0.686. The molecule has 0 saturated carbocycles. The van der Waals surface area contributed by atoms with Crippen molar-refractivity contribution >= 4 is 17.0 Å². The first-order valence-corrected chi connectivity index (χ1v) is 9.84. The van der Waals surface area contributed by atoms with E-state index in [4.69, 9.17) is 0 Å². The summed E-state index contributed by atoms with van der Waals surface area (Å²) in [6, 6.07) is 16.8. The minimum absolute atomic E-state index is 0.0694. The molecule has 4 nitrogen and oxygen atoms in total. The van der Waals surface area contributed by atoms with E-state index < -0.39 is 0 Å². The van der Waals surface area contributed by atoms with E-state index in [0.717, 1.165) is 12.2 Å². The number of thiophene rings is 1. The van der Waals surface area contributed by atoms with Crippen molar-refractivity contribution in [3.8, 4) is 20.9 Å². The van der Waals surface area contributed by atoms with Crippen LogP contribution in [0.5, 0.6) is 0 Å². The van der Waals surface area contributed by atoms with Crippen LogP contribution in [0.2, 0.25) is 0 Å². The molecular formula is C22H25N2O2S+. The predicted molar refractivity (Wildman–Crippen MR) is 112 cm³/mol. The summed E-state index contributed by atoms with van der Waals surface area (Å²) in [4.78, 5) is 4.43. The van der Waals surface area contributed by atoms with Gasteiger partial charge in [0, 0.05) is 46.2 Å². The minimum atomic E-state index is 0.0694. The van der Waals surface area contributed by atoms with E-state index in [1.807, 2.05) is 23.1 Å². The molecule has 27 heavy (non-hydrogen) atoms. The highest BCUT2D eigenvalue weighted by atomic mass is 32.1. The molecular weight excluding hydrogens is 356 g/mol. The van der Waals surface area contributed by atoms with Crippen molar-refractivity contribution < 1.29 is 14.8 Å². The zero-order chi connectivity index (χ0) is 19.1.